The Morgan fingerprint density at radius 2 is 1.92 bits per heavy atom. The summed E-state index contributed by atoms with van der Waals surface area (Å²) in [5.74, 6) is 1.91. The summed E-state index contributed by atoms with van der Waals surface area (Å²) in [7, 11) is 0. The molecule has 1 aromatic carbocycles. The molecule has 1 aliphatic heterocycles. The van der Waals surface area contributed by atoms with Crippen LogP contribution in [0.2, 0.25) is 0 Å². The Labute approximate surface area is 154 Å². The zero-order valence-corrected chi connectivity index (χ0v) is 15.3. The van der Waals surface area contributed by atoms with Gasteiger partial charge in [-0.05, 0) is 49.8 Å². The van der Waals surface area contributed by atoms with E-state index in [4.69, 9.17) is 5.73 Å². The lowest BCUT2D eigenvalue weighted by molar-refractivity contribution is 0.0521. The van der Waals surface area contributed by atoms with Crippen LogP contribution in [0.25, 0.3) is 11.3 Å². The number of nitrogens with zero attached hydrogens (tertiary/aromatic N) is 3. The molecule has 26 heavy (non-hydrogen) atoms. The van der Waals surface area contributed by atoms with E-state index < -0.39 is 0 Å². The van der Waals surface area contributed by atoms with Gasteiger partial charge in [-0.15, -0.1) is 0 Å². The lowest BCUT2D eigenvalue weighted by Crippen LogP contribution is -2.44. The third-order valence-corrected chi connectivity index (χ3v) is 5.86. The highest BCUT2D eigenvalue weighted by atomic mass is 16.2. The minimum Gasteiger partial charge on any atom is -0.368 e. The van der Waals surface area contributed by atoms with Crippen LogP contribution < -0.4 is 5.73 Å². The summed E-state index contributed by atoms with van der Waals surface area (Å²) >= 11 is 0. The summed E-state index contributed by atoms with van der Waals surface area (Å²) in [6, 6.07) is 9.61. The zero-order chi connectivity index (χ0) is 18.1. The molecule has 2 atom stereocenters. The standard InChI is InChI=1S/C21H26N4O/c1-14-11-19(24-21(22)23-14)16-7-4-8-17(12-16)20(26)25-10-9-15-5-2-3-6-18(15)13-25/h4,7-8,11-12,15,18H,2-3,5-6,9-10,13H2,1H3,(H2,22,23,24)/t15-,18-/m0/s1. The molecule has 0 unspecified atom stereocenters. The van der Waals surface area contributed by atoms with Gasteiger partial charge in [-0.3, -0.25) is 4.79 Å². The average Bonchev–Trinajstić information content (AvgIpc) is 2.66. The zero-order valence-electron chi connectivity index (χ0n) is 15.3. The largest absolute Gasteiger partial charge is 0.368 e. The number of rotatable bonds is 2. The fourth-order valence-electron chi connectivity index (χ4n) is 4.52. The molecule has 2 N–H and O–H groups in total. The van der Waals surface area contributed by atoms with E-state index in [2.05, 4.69) is 9.97 Å². The number of aryl methyl sites for hydroxylation is 1. The van der Waals surface area contributed by atoms with Gasteiger partial charge in [0, 0.05) is 29.9 Å². The molecule has 1 saturated carbocycles. The monoisotopic (exact) mass is 350 g/mol. The summed E-state index contributed by atoms with van der Waals surface area (Å²) < 4.78 is 0. The van der Waals surface area contributed by atoms with E-state index in [-0.39, 0.29) is 11.9 Å². The Morgan fingerprint density at radius 1 is 1.12 bits per heavy atom. The molecule has 5 nitrogen and oxygen atoms in total. The SMILES string of the molecule is Cc1cc(-c2cccc(C(=O)N3CC[C@@H]4CCCC[C@H]4C3)c2)nc(N)n1. The number of nitrogen functional groups attached to an aromatic ring is 1. The van der Waals surface area contributed by atoms with Crippen molar-refractivity contribution in [3.05, 3.63) is 41.6 Å². The normalized spacial score (nSPS) is 22.7. The van der Waals surface area contributed by atoms with E-state index in [0.29, 0.717) is 5.92 Å². The molecular formula is C21H26N4O. The molecule has 136 valence electrons. The minimum atomic E-state index is 0.134. The second kappa shape index (κ2) is 7.06. The van der Waals surface area contributed by atoms with Gasteiger partial charge in [0.15, 0.2) is 0 Å². The van der Waals surface area contributed by atoms with Gasteiger partial charge in [0.25, 0.3) is 5.91 Å². The smallest absolute Gasteiger partial charge is 0.253 e. The number of hydrogen-bond acceptors (Lipinski definition) is 4. The highest BCUT2D eigenvalue weighted by Gasteiger charge is 2.33. The fraction of sp³-hybridized carbons (Fsp3) is 0.476. The van der Waals surface area contributed by atoms with Gasteiger partial charge in [-0.2, -0.15) is 0 Å². The van der Waals surface area contributed by atoms with Crippen molar-refractivity contribution < 1.29 is 4.79 Å². The van der Waals surface area contributed by atoms with Crippen molar-refractivity contribution in [1.82, 2.24) is 14.9 Å². The van der Waals surface area contributed by atoms with E-state index in [1.54, 1.807) is 0 Å². The molecule has 0 spiro atoms. The van der Waals surface area contributed by atoms with Crippen LogP contribution in [0.5, 0.6) is 0 Å². The molecule has 0 radical (unpaired) electrons. The van der Waals surface area contributed by atoms with Gasteiger partial charge in [-0.1, -0.05) is 31.4 Å². The van der Waals surface area contributed by atoms with E-state index in [1.807, 2.05) is 42.2 Å². The first-order valence-corrected chi connectivity index (χ1v) is 9.61. The lowest BCUT2D eigenvalue weighted by atomic mass is 9.75. The predicted molar refractivity (Wildman–Crippen MR) is 103 cm³/mol. The van der Waals surface area contributed by atoms with Crippen molar-refractivity contribution in [3.8, 4) is 11.3 Å². The minimum absolute atomic E-state index is 0.134. The highest BCUT2D eigenvalue weighted by Crippen LogP contribution is 2.36. The van der Waals surface area contributed by atoms with Crippen LogP contribution >= 0.6 is 0 Å². The van der Waals surface area contributed by atoms with Gasteiger partial charge in [0.1, 0.15) is 0 Å². The lowest BCUT2D eigenvalue weighted by Gasteiger charge is -2.41. The number of carbonyl (C=O) groups is 1. The second-order valence-corrected chi connectivity index (χ2v) is 7.68. The molecule has 2 heterocycles. The summed E-state index contributed by atoms with van der Waals surface area (Å²) in [5.41, 5.74) is 8.99. The number of carbonyl (C=O) groups excluding carboxylic acids is 1. The fourth-order valence-corrected chi connectivity index (χ4v) is 4.52. The van der Waals surface area contributed by atoms with Crippen LogP contribution in [-0.2, 0) is 0 Å². The number of aromatic nitrogens is 2. The van der Waals surface area contributed by atoms with Crippen molar-refractivity contribution in [2.75, 3.05) is 18.8 Å². The molecule has 2 aromatic rings. The predicted octanol–water partition coefficient (Wildman–Crippen LogP) is 3.69. The van der Waals surface area contributed by atoms with Gasteiger partial charge in [0.05, 0.1) is 5.69 Å². The number of benzene rings is 1. The van der Waals surface area contributed by atoms with Crippen molar-refractivity contribution in [3.63, 3.8) is 0 Å². The van der Waals surface area contributed by atoms with Gasteiger partial charge in [0.2, 0.25) is 5.95 Å². The van der Waals surface area contributed by atoms with Crippen LogP contribution in [0.1, 0.15) is 48.2 Å². The number of nitrogens with two attached hydrogens (primary N) is 1. The molecular weight excluding hydrogens is 324 g/mol. The number of likely N-dealkylation sites (tertiary alicyclic amines) is 1. The molecule has 2 fully saturated rings. The topological polar surface area (TPSA) is 72.1 Å². The second-order valence-electron chi connectivity index (χ2n) is 7.68. The molecule has 1 amide bonds. The number of amides is 1. The van der Waals surface area contributed by atoms with Gasteiger partial charge >= 0.3 is 0 Å². The van der Waals surface area contributed by atoms with Crippen molar-refractivity contribution in [2.45, 2.75) is 39.0 Å². The molecule has 4 rings (SSSR count). The van der Waals surface area contributed by atoms with E-state index in [9.17, 15) is 4.79 Å². The summed E-state index contributed by atoms with van der Waals surface area (Å²) in [5, 5.41) is 0. The van der Waals surface area contributed by atoms with Crippen LogP contribution in [0, 0.1) is 18.8 Å². The van der Waals surface area contributed by atoms with Gasteiger partial charge in [-0.25, -0.2) is 9.97 Å². The van der Waals surface area contributed by atoms with Crippen LogP contribution in [0.15, 0.2) is 30.3 Å². The van der Waals surface area contributed by atoms with E-state index in [1.165, 1.54) is 25.7 Å². The number of hydrogen-bond donors (Lipinski definition) is 1. The molecule has 0 bridgehead atoms. The molecule has 5 heteroatoms. The molecule has 1 aliphatic carbocycles. The maximum absolute atomic E-state index is 13.1. The average molecular weight is 350 g/mol. The van der Waals surface area contributed by atoms with Crippen molar-refractivity contribution in [1.29, 1.82) is 0 Å². The first kappa shape index (κ1) is 17.0. The van der Waals surface area contributed by atoms with Crippen LogP contribution in [-0.4, -0.2) is 33.9 Å². The third-order valence-electron chi connectivity index (χ3n) is 5.86. The maximum atomic E-state index is 13.1. The first-order chi connectivity index (χ1) is 12.6. The Kier molecular flexibility index (Phi) is 4.62. The maximum Gasteiger partial charge on any atom is 0.253 e. The molecule has 2 aliphatic rings. The summed E-state index contributed by atoms with van der Waals surface area (Å²) in [4.78, 5) is 23.5. The van der Waals surface area contributed by atoms with Crippen LogP contribution in [0.3, 0.4) is 0 Å². The summed E-state index contributed by atoms with van der Waals surface area (Å²) in [6.45, 7) is 3.68. The number of fused-ring (bicyclic) bond motifs is 1. The number of anilines is 1. The van der Waals surface area contributed by atoms with Crippen LogP contribution in [0.4, 0.5) is 5.95 Å². The van der Waals surface area contributed by atoms with Crippen molar-refractivity contribution >= 4 is 11.9 Å². The molecule has 1 saturated heterocycles. The van der Waals surface area contributed by atoms with E-state index >= 15 is 0 Å². The Morgan fingerprint density at radius 3 is 2.73 bits per heavy atom. The van der Waals surface area contributed by atoms with E-state index in [0.717, 1.165) is 47.9 Å². The highest BCUT2D eigenvalue weighted by molar-refractivity contribution is 5.95. The Balaban J connectivity index is 1.55. The first-order valence-electron chi connectivity index (χ1n) is 9.61. The summed E-state index contributed by atoms with van der Waals surface area (Å²) in [6.07, 6.45) is 6.44. The van der Waals surface area contributed by atoms with Gasteiger partial charge < -0.3 is 10.6 Å². The number of piperidine rings is 1. The Bertz CT molecular complexity index is 799. The quantitative estimate of drug-likeness (QED) is 0.896. The van der Waals surface area contributed by atoms with Crippen molar-refractivity contribution in [2.24, 2.45) is 11.8 Å². The third kappa shape index (κ3) is 3.43. The Hall–Kier alpha value is -2.43. The molecule has 1 aromatic heterocycles.